The summed E-state index contributed by atoms with van der Waals surface area (Å²) < 4.78 is 10.3. The first-order chi connectivity index (χ1) is 12.6. The van der Waals surface area contributed by atoms with Gasteiger partial charge in [-0.15, -0.1) is 0 Å². The van der Waals surface area contributed by atoms with Gasteiger partial charge in [0.2, 0.25) is 11.8 Å². The Balaban J connectivity index is 1.84. The van der Waals surface area contributed by atoms with E-state index >= 15 is 0 Å². The lowest BCUT2D eigenvalue weighted by atomic mass is 10.0. The Morgan fingerprint density at radius 1 is 1.27 bits per heavy atom. The van der Waals surface area contributed by atoms with Gasteiger partial charge in [-0.1, -0.05) is 35.5 Å². The fourth-order valence-corrected chi connectivity index (χ4v) is 3.13. The molecule has 1 aliphatic rings. The van der Waals surface area contributed by atoms with Crippen LogP contribution in [-0.2, 0) is 27.3 Å². The van der Waals surface area contributed by atoms with Crippen LogP contribution in [0, 0.1) is 6.92 Å². The standard InChI is InChI=1S/C19H23N3O4/c1-14-10-16(26-20-14)12-22-17(11-15-6-4-3-5-7-15)19(24)21(8-9-25-2)13-18(22)23/h3-7,10,17H,8-9,11-13H2,1-2H3/t17-/m1/s1. The van der Waals surface area contributed by atoms with Crippen LogP contribution >= 0.6 is 0 Å². The summed E-state index contributed by atoms with van der Waals surface area (Å²) in [4.78, 5) is 28.9. The number of aryl methyl sites for hydroxylation is 1. The van der Waals surface area contributed by atoms with Crippen molar-refractivity contribution in [2.75, 3.05) is 26.8 Å². The Bertz CT molecular complexity index is 759. The summed E-state index contributed by atoms with van der Waals surface area (Å²) >= 11 is 0. The number of aromatic nitrogens is 1. The van der Waals surface area contributed by atoms with E-state index in [1.807, 2.05) is 37.3 Å². The molecule has 2 amide bonds. The Kier molecular flexibility index (Phi) is 5.68. The number of benzene rings is 1. The third kappa shape index (κ3) is 4.11. The molecule has 0 bridgehead atoms. The van der Waals surface area contributed by atoms with E-state index in [4.69, 9.17) is 9.26 Å². The highest BCUT2D eigenvalue weighted by Crippen LogP contribution is 2.20. The second-order valence-corrected chi connectivity index (χ2v) is 6.41. The molecular weight excluding hydrogens is 334 g/mol. The molecule has 0 radical (unpaired) electrons. The van der Waals surface area contributed by atoms with Crippen LogP contribution in [0.5, 0.6) is 0 Å². The summed E-state index contributed by atoms with van der Waals surface area (Å²) in [6.07, 6.45) is 0.460. The van der Waals surface area contributed by atoms with E-state index < -0.39 is 6.04 Å². The monoisotopic (exact) mass is 357 g/mol. The van der Waals surface area contributed by atoms with Crippen molar-refractivity contribution in [1.82, 2.24) is 15.0 Å². The Hall–Kier alpha value is -2.67. The van der Waals surface area contributed by atoms with Crippen molar-refractivity contribution in [3.63, 3.8) is 0 Å². The van der Waals surface area contributed by atoms with Gasteiger partial charge in [0.15, 0.2) is 5.76 Å². The van der Waals surface area contributed by atoms with Gasteiger partial charge in [-0.3, -0.25) is 9.59 Å². The van der Waals surface area contributed by atoms with Crippen molar-refractivity contribution in [3.05, 3.63) is 53.4 Å². The fourth-order valence-electron chi connectivity index (χ4n) is 3.13. The van der Waals surface area contributed by atoms with Gasteiger partial charge in [-0.05, 0) is 12.5 Å². The van der Waals surface area contributed by atoms with Crippen molar-refractivity contribution < 1.29 is 18.8 Å². The molecule has 138 valence electrons. The molecule has 26 heavy (non-hydrogen) atoms. The molecule has 0 unspecified atom stereocenters. The maximum Gasteiger partial charge on any atom is 0.246 e. The average Bonchev–Trinajstić information content (AvgIpc) is 3.05. The van der Waals surface area contributed by atoms with Crippen LogP contribution in [-0.4, -0.2) is 59.6 Å². The molecule has 1 aromatic carbocycles. The van der Waals surface area contributed by atoms with Crippen LogP contribution in [0.4, 0.5) is 0 Å². The van der Waals surface area contributed by atoms with E-state index in [1.165, 1.54) is 0 Å². The largest absolute Gasteiger partial charge is 0.383 e. The van der Waals surface area contributed by atoms with E-state index in [0.29, 0.717) is 25.3 Å². The number of carbonyl (C=O) groups is 2. The van der Waals surface area contributed by atoms with Crippen molar-refractivity contribution in [2.24, 2.45) is 0 Å². The molecule has 2 aromatic rings. The van der Waals surface area contributed by atoms with Crippen molar-refractivity contribution in [1.29, 1.82) is 0 Å². The first kappa shape index (κ1) is 18.1. The number of methoxy groups -OCH3 is 1. The maximum atomic E-state index is 13.0. The number of amides is 2. The number of hydrogen-bond donors (Lipinski definition) is 0. The zero-order valence-corrected chi connectivity index (χ0v) is 15.1. The topological polar surface area (TPSA) is 75.9 Å². The van der Waals surface area contributed by atoms with Gasteiger partial charge in [-0.2, -0.15) is 0 Å². The van der Waals surface area contributed by atoms with Gasteiger partial charge >= 0.3 is 0 Å². The molecule has 0 saturated carbocycles. The van der Waals surface area contributed by atoms with Crippen LogP contribution in [0.25, 0.3) is 0 Å². The number of ether oxygens (including phenoxy) is 1. The SMILES string of the molecule is COCCN1CC(=O)N(Cc2cc(C)no2)[C@H](Cc2ccccc2)C1=O. The fraction of sp³-hybridized carbons (Fsp3) is 0.421. The Labute approximate surface area is 152 Å². The third-order valence-corrected chi connectivity index (χ3v) is 4.46. The summed E-state index contributed by atoms with van der Waals surface area (Å²) in [5.41, 5.74) is 1.75. The Morgan fingerprint density at radius 3 is 2.69 bits per heavy atom. The van der Waals surface area contributed by atoms with Gasteiger partial charge in [0.25, 0.3) is 0 Å². The molecule has 7 heteroatoms. The van der Waals surface area contributed by atoms with Crippen molar-refractivity contribution in [3.8, 4) is 0 Å². The number of carbonyl (C=O) groups excluding carboxylic acids is 2. The molecule has 1 saturated heterocycles. The van der Waals surface area contributed by atoms with E-state index in [-0.39, 0.29) is 24.9 Å². The molecule has 1 fully saturated rings. The van der Waals surface area contributed by atoms with Crippen LogP contribution in [0.2, 0.25) is 0 Å². The van der Waals surface area contributed by atoms with Crippen LogP contribution in [0.1, 0.15) is 17.0 Å². The predicted molar refractivity (Wildman–Crippen MR) is 94.2 cm³/mol. The van der Waals surface area contributed by atoms with E-state index in [2.05, 4.69) is 5.16 Å². The zero-order valence-electron chi connectivity index (χ0n) is 15.1. The molecule has 1 aliphatic heterocycles. The van der Waals surface area contributed by atoms with E-state index in [9.17, 15) is 9.59 Å². The molecule has 2 heterocycles. The minimum Gasteiger partial charge on any atom is -0.383 e. The first-order valence-electron chi connectivity index (χ1n) is 8.62. The third-order valence-electron chi connectivity index (χ3n) is 4.46. The summed E-state index contributed by atoms with van der Waals surface area (Å²) in [6.45, 7) is 2.92. The first-order valence-corrected chi connectivity index (χ1v) is 8.62. The lowest BCUT2D eigenvalue weighted by Gasteiger charge is -2.40. The van der Waals surface area contributed by atoms with Gasteiger partial charge in [0.05, 0.1) is 25.4 Å². The van der Waals surface area contributed by atoms with E-state index in [1.54, 1.807) is 23.0 Å². The second kappa shape index (κ2) is 8.14. The molecule has 3 rings (SSSR count). The van der Waals surface area contributed by atoms with Crippen molar-refractivity contribution >= 4 is 11.8 Å². The smallest absolute Gasteiger partial charge is 0.246 e. The number of hydrogen-bond acceptors (Lipinski definition) is 5. The van der Waals surface area contributed by atoms with Gasteiger partial charge < -0.3 is 19.1 Å². The quantitative estimate of drug-likeness (QED) is 0.749. The summed E-state index contributed by atoms with van der Waals surface area (Å²) in [7, 11) is 1.58. The molecule has 0 spiro atoms. The molecule has 1 atom stereocenters. The predicted octanol–water partition coefficient (Wildman–Crippen LogP) is 1.41. The molecular formula is C19H23N3O4. The minimum atomic E-state index is -0.569. The molecule has 0 aliphatic carbocycles. The molecule has 0 N–H and O–H groups in total. The highest BCUT2D eigenvalue weighted by Gasteiger charge is 2.39. The van der Waals surface area contributed by atoms with Crippen molar-refractivity contribution in [2.45, 2.75) is 25.9 Å². The summed E-state index contributed by atoms with van der Waals surface area (Å²) in [5, 5.41) is 3.87. The minimum absolute atomic E-state index is 0.0562. The summed E-state index contributed by atoms with van der Waals surface area (Å²) in [5.74, 6) is 0.407. The lowest BCUT2D eigenvalue weighted by molar-refractivity contribution is -0.157. The Morgan fingerprint density at radius 2 is 2.04 bits per heavy atom. The van der Waals surface area contributed by atoms with E-state index in [0.717, 1.165) is 11.3 Å². The maximum absolute atomic E-state index is 13.0. The molecule has 7 nitrogen and oxygen atoms in total. The van der Waals surface area contributed by atoms with Crippen LogP contribution < -0.4 is 0 Å². The lowest BCUT2D eigenvalue weighted by Crippen LogP contribution is -2.60. The normalized spacial score (nSPS) is 17.8. The highest BCUT2D eigenvalue weighted by atomic mass is 16.5. The van der Waals surface area contributed by atoms with Crippen LogP contribution in [0.3, 0.4) is 0 Å². The molecule has 1 aromatic heterocycles. The second-order valence-electron chi connectivity index (χ2n) is 6.41. The van der Waals surface area contributed by atoms with Gasteiger partial charge in [0, 0.05) is 26.1 Å². The highest BCUT2D eigenvalue weighted by molar-refractivity contribution is 5.95. The number of piperazine rings is 1. The average molecular weight is 357 g/mol. The summed E-state index contributed by atoms with van der Waals surface area (Å²) in [6, 6.07) is 10.9. The zero-order chi connectivity index (χ0) is 18.5. The van der Waals surface area contributed by atoms with Gasteiger partial charge in [0.1, 0.15) is 6.04 Å². The number of rotatable bonds is 7. The van der Waals surface area contributed by atoms with Gasteiger partial charge in [-0.25, -0.2) is 0 Å². The van der Waals surface area contributed by atoms with Crippen LogP contribution in [0.15, 0.2) is 40.9 Å². The number of nitrogens with zero attached hydrogens (tertiary/aromatic N) is 3.